The third-order valence-electron chi connectivity index (χ3n) is 7.85. The normalized spacial score (nSPS) is 15.5. The first kappa shape index (κ1) is 35.9. The average Bonchev–Trinajstić information content (AvgIpc) is 3.48. The maximum atomic E-state index is 13.4. The SMILES string of the molecule is CC[C@H](C)[C@H](N)C(=O)N(C)[C@H](C[C@@H](OC(C)=O)c1nc(C(=O)N[C@@H](Cc2ccccc2)C[C@H](C)C(=O)OC)cs1)C(C)C. The Bertz CT molecular complexity index is 1200. The zero-order valence-electron chi connectivity index (χ0n) is 26.7. The van der Waals surface area contributed by atoms with Gasteiger partial charge in [0.05, 0.1) is 19.1 Å². The maximum absolute atomic E-state index is 13.4. The van der Waals surface area contributed by atoms with E-state index in [1.807, 2.05) is 58.0 Å². The van der Waals surface area contributed by atoms with Crippen LogP contribution >= 0.6 is 11.3 Å². The summed E-state index contributed by atoms with van der Waals surface area (Å²) < 4.78 is 10.6. The van der Waals surface area contributed by atoms with Gasteiger partial charge in [0.2, 0.25) is 5.91 Å². The summed E-state index contributed by atoms with van der Waals surface area (Å²) in [6, 6.07) is 8.43. The number of aromatic nitrogens is 1. The summed E-state index contributed by atoms with van der Waals surface area (Å²) in [5.74, 6) is -1.75. The highest BCUT2D eigenvalue weighted by Crippen LogP contribution is 2.31. The zero-order chi connectivity index (χ0) is 32.3. The van der Waals surface area contributed by atoms with Crippen LogP contribution in [-0.2, 0) is 30.3 Å². The van der Waals surface area contributed by atoms with Crippen molar-refractivity contribution in [3.8, 4) is 0 Å². The summed E-state index contributed by atoms with van der Waals surface area (Å²) in [4.78, 5) is 57.0. The third kappa shape index (κ3) is 10.7. The molecule has 11 heteroatoms. The van der Waals surface area contributed by atoms with E-state index >= 15 is 0 Å². The molecule has 0 bridgehead atoms. The fourth-order valence-electron chi connectivity index (χ4n) is 5.01. The van der Waals surface area contributed by atoms with Crippen molar-refractivity contribution in [1.82, 2.24) is 15.2 Å². The van der Waals surface area contributed by atoms with Crippen molar-refractivity contribution < 1.29 is 28.7 Å². The van der Waals surface area contributed by atoms with E-state index in [4.69, 9.17) is 15.2 Å². The topological polar surface area (TPSA) is 141 Å². The molecule has 0 aliphatic carbocycles. The number of nitrogens with zero attached hydrogens (tertiary/aromatic N) is 2. The van der Waals surface area contributed by atoms with Gasteiger partial charge in [-0.2, -0.15) is 0 Å². The van der Waals surface area contributed by atoms with Crippen molar-refractivity contribution in [3.63, 3.8) is 0 Å². The van der Waals surface area contributed by atoms with Crippen LogP contribution in [0, 0.1) is 17.8 Å². The molecule has 2 rings (SSSR count). The standard InChI is InChI=1S/C32H48N4O6S/c1-9-20(4)28(33)31(39)36(7)26(19(2)3)17-27(42-22(6)37)30-35-25(18-43-30)29(38)34-24(15-21(5)32(40)41-8)16-23-13-11-10-12-14-23/h10-14,18-21,24,26-28H,9,15-17,33H2,1-8H3,(H,34,38)/t20-,21-,24+,26+,27+,28-/m0/s1. The summed E-state index contributed by atoms with van der Waals surface area (Å²) in [5.41, 5.74) is 7.46. The van der Waals surface area contributed by atoms with E-state index < -0.39 is 29.9 Å². The number of amides is 2. The number of likely N-dealkylation sites (N-methyl/N-ethyl adjacent to an activating group) is 1. The van der Waals surface area contributed by atoms with Crippen molar-refractivity contribution in [1.29, 1.82) is 0 Å². The van der Waals surface area contributed by atoms with Gasteiger partial charge in [0, 0.05) is 37.9 Å². The summed E-state index contributed by atoms with van der Waals surface area (Å²) in [6.45, 7) is 11.0. The van der Waals surface area contributed by atoms with Gasteiger partial charge in [-0.25, -0.2) is 4.98 Å². The van der Waals surface area contributed by atoms with Gasteiger partial charge in [-0.05, 0) is 30.2 Å². The molecule has 0 radical (unpaired) electrons. The van der Waals surface area contributed by atoms with Crippen LogP contribution < -0.4 is 11.1 Å². The Morgan fingerprint density at radius 2 is 1.72 bits per heavy atom. The summed E-state index contributed by atoms with van der Waals surface area (Å²) in [5, 5.41) is 5.11. The number of hydrogen-bond acceptors (Lipinski definition) is 9. The predicted molar refractivity (Wildman–Crippen MR) is 167 cm³/mol. The van der Waals surface area contributed by atoms with E-state index in [-0.39, 0.29) is 41.5 Å². The average molecular weight is 617 g/mol. The number of hydrogen-bond donors (Lipinski definition) is 2. The second-order valence-corrected chi connectivity index (χ2v) is 12.5. The first-order chi connectivity index (χ1) is 20.3. The second-order valence-electron chi connectivity index (χ2n) is 11.6. The molecule has 1 heterocycles. The van der Waals surface area contributed by atoms with Gasteiger partial charge in [-0.3, -0.25) is 19.2 Å². The lowest BCUT2D eigenvalue weighted by Crippen LogP contribution is -2.51. The minimum Gasteiger partial charge on any atom is -0.469 e. The number of nitrogens with one attached hydrogen (secondary N) is 1. The van der Waals surface area contributed by atoms with E-state index in [1.165, 1.54) is 25.4 Å². The first-order valence-corrected chi connectivity index (χ1v) is 15.7. The van der Waals surface area contributed by atoms with Gasteiger partial charge in [0.1, 0.15) is 10.7 Å². The maximum Gasteiger partial charge on any atom is 0.308 e. The van der Waals surface area contributed by atoms with Gasteiger partial charge in [-0.15, -0.1) is 11.3 Å². The Morgan fingerprint density at radius 1 is 1.07 bits per heavy atom. The highest BCUT2D eigenvalue weighted by molar-refractivity contribution is 7.09. The molecule has 0 saturated carbocycles. The fraction of sp³-hybridized carbons (Fsp3) is 0.594. The molecule has 1 aromatic carbocycles. The van der Waals surface area contributed by atoms with E-state index in [9.17, 15) is 19.2 Å². The second kappa shape index (κ2) is 17.1. The van der Waals surface area contributed by atoms with Gasteiger partial charge >= 0.3 is 11.9 Å². The number of carbonyl (C=O) groups excluding carboxylic acids is 4. The molecule has 1 aromatic heterocycles. The lowest BCUT2D eigenvalue weighted by molar-refractivity contribution is -0.149. The van der Waals surface area contributed by atoms with Crippen LogP contribution in [0.1, 0.15) is 88.0 Å². The molecule has 43 heavy (non-hydrogen) atoms. The van der Waals surface area contributed by atoms with Crippen LogP contribution in [0.4, 0.5) is 0 Å². The highest BCUT2D eigenvalue weighted by atomic mass is 32.1. The van der Waals surface area contributed by atoms with Gasteiger partial charge in [-0.1, -0.05) is 71.4 Å². The number of thiazole rings is 1. The molecule has 238 valence electrons. The molecule has 2 aromatic rings. The highest BCUT2D eigenvalue weighted by Gasteiger charge is 2.33. The molecule has 0 spiro atoms. The van der Waals surface area contributed by atoms with Crippen molar-refractivity contribution in [2.24, 2.45) is 23.5 Å². The molecule has 0 saturated heterocycles. The summed E-state index contributed by atoms with van der Waals surface area (Å²) in [7, 11) is 3.07. The monoisotopic (exact) mass is 616 g/mol. The zero-order valence-corrected chi connectivity index (χ0v) is 27.5. The molecule has 0 unspecified atom stereocenters. The molecule has 0 fully saturated rings. The summed E-state index contributed by atoms with van der Waals surface area (Å²) >= 11 is 1.22. The molecule has 2 amide bonds. The molecule has 10 nitrogen and oxygen atoms in total. The Balaban J connectivity index is 2.27. The predicted octanol–water partition coefficient (Wildman–Crippen LogP) is 4.53. The van der Waals surface area contributed by atoms with Crippen molar-refractivity contribution in [3.05, 3.63) is 52.0 Å². The minimum atomic E-state index is -0.758. The Labute approximate surface area is 259 Å². The molecular weight excluding hydrogens is 568 g/mol. The van der Waals surface area contributed by atoms with E-state index in [0.717, 1.165) is 12.0 Å². The van der Waals surface area contributed by atoms with Crippen LogP contribution in [0.15, 0.2) is 35.7 Å². The lowest BCUT2D eigenvalue weighted by Gasteiger charge is -2.35. The van der Waals surface area contributed by atoms with E-state index in [2.05, 4.69) is 10.3 Å². The van der Waals surface area contributed by atoms with Crippen LogP contribution in [0.25, 0.3) is 0 Å². The Morgan fingerprint density at radius 3 is 2.28 bits per heavy atom. The molecule has 3 N–H and O–H groups in total. The fourth-order valence-corrected chi connectivity index (χ4v) is 5.85. The van der Waals surface area contributed by atoms with Crippen LogP contribution in [0.5, 0.6) is 0 Å². The molecule has 6 atom stereocenters. The smallest absolute Gasteiger partial charge is 0.308 e. The molecule has 0 aliphatic rings. The number of methoxy groups -OCH3 is 1. The van der Waals surface area contributed by atoms with E-state index in [0.29, 0.717) is 24.3 Å². The summed E-state index contributed by atoms with van der Waals surface area (Å²) in [6.07, 6.45) is 1.23. The lowest BCUT2D eigenvalue weighted by atomic mass is 9.93. The third-order valence-corrected chi connectivity index (χ3v) is 8.79. The van der Waals surface area contributed by atoms with Crippen LogP contribution in [0.3, 0.4) is 0 Å². The van der Waals surface area contributed by atoms with Gasteiger partial charge < -0.3 is 25.4 Å². The minimum absolute atomic E-state index is 0.0217. The number of rotatable bonds is 16. The number of benzene rings is 1. The first-order valence-electron chi connectivity index (χ1n) is 14.9. The van der Waals surface area contributed by atoms with Crippen molar-refractivity contribution >= 4 is 35.1 Å². The van der Waals surface area contributed by atoms with E-state index in [1.54, 1.807) is 24.3 Å². The molecule has 0 aliphatic heterocycles. The Hall–Kier alpha value is -3.31. The van der Waals surface area contributed by atoms with Crippen molar-refractivity contribution in [2.75, 3.05) is 14.2 Å². The quantitative estimate of drug-likeness (QED) is 0.262. The van der Waals surface area contributed by atoms with Gasteiger partial charge in [0.15, 0.2) is 6.10 Å². The molecular formula is C32H48N4O6S. The number of esters is 2. The van der Waals surface area contributed by atoms with Gasteiger partial charge in [0.25, 0.3) is 5.91 Å². The van der Waals surface area contributed by atoms with Crippen molar-refractivity contribution in [2.45, 2.75) is 91.5 Å². The van der Waals surface area contributed by atoms with Crippen LogP contribution in [0.2, 0.25) is 0 Å². The number of nitrogens with two attached hydrogens (primary N) is 1. The van der Waals surface area contributed by atoms with Crippen LogP contribution in [-0.4, -0.2) is 65.9 Å². The number of ether oxygens (including phenoxy) is 2. The Kier molecular flexibility index (Phi) is 14.3. The number of carbonyl (C=O) groups is 4. The largest absolute Gasteiger partial charge is 0.469 e.